The molecule has 88 valence electrons. The lowest BCUT2D eigenvalue weighted by atomic mass is 9.92. The maximum Gasteiger partial charge on any atom is 0.231 e. The van der Waals surface area contributed by atoms with Crippen LogP contribution in [0.25, 0.3) is 0 Å². The molecule has 0 unspecified atom stereocenters. The van der Waals surface area contributed by atoms with Gasteiger partial charge < -0.3 is 11.1 Å². The first-order chi connectivity index (χ1) is 7.36. The summed E-state index contributed by atoms with van der Waals surface area (Å²) in [6, 6.07) is 4.42. The van der Waals surface area contributed by atoms with Crippen molar-refractivity contribution in [3.63, 3.8) is 0 Å². The molecule has 1 amide bonds. The summed E-state index contributed by atoms with van der Waals surface area (Å²) in [4.78, 5) is 11.7. The number of anilines is 1. The monoisotopic (exact) mass is 288 g/mol. The molecule has 0 atom stereocenters. The van der Waals surface area contributed by atoms with Crippen LogP contribution in [-0.2, 0) is 4.79 Å². The van der Waals surface area contributed by atoms with E-state index in [0.29, 0.717) is 10.2 Å². The zero-order valence-electron chi connectivity index (χ0n) is 9.18. The van der Waals surface area contributed by atoms with Gasteiger partial charge in [0.25, 0.3) is 0 Å². The van der Waals surface area contributed by atoms with Crippen LogP contribution in [-0.4, -0.2) is 12.5 Å². The summed E-state index contributed by atoms with van der Waals surface area (Å²) < 4.78 is 13.5. The Balaban J connectivity index is 2.82. The topological polar surface area (TPSA) is 55.1 Å². The molecule has 3 N–H and O–H groups in total. The van der Waals surface area contributed by atoms with Crippen LogP contribution in [0.4, 0.5) is 10.1 Å². The Kier molecular flexibility index (Phi) is 4.04. The summed E-state index contributed by atoms with van der Waals surface area (Å²) in [6.07, 6.45) is 0. The SMILES string of the molecule is CC(C)(CN)C(=O)Nc1ccc(Br)c(F)c1. The molecule has 0 aliphatic carbocycles. The number of benzene rings is 1. The molecule has 0 aliphatic rings. The molecular weight excluding hydrogens is 275 g/mol. The highest BCUT2D eigenvalue weighted by molar-refractivity contribution is 9.10. The van der Waals surface area contributed by atoms with Gasteiger partial charge in [0.2, 0.25) is 5.91 Å². The summed E-state index contributed by atoms with van der Waals surface area (Å²) in [5.41, 5.74) is 5.23. The number of carbonyl (C=O) groups is 1. The van der Waals surface area contributed by atoms with Crippen LogP contribution in [0.3, 0.4) is 0 Å². The fourth-order valence-electron chi connectivity index (χ4n) is 0.967. The molecule has 0 radical (unpaired) electrons. The molecule has 16 heavy (non-hydrogen) atoms. The van der Waals surface area contributed by atoms with Gasteiger partial charge in [-0.25, -0.2) is 4.39 Å². The predicted octanol–water partition coefficient (Wildman–Crippen LogP) is 2.51. The summed E-state index contributed by atoms with van der Waals surface area (Å²) in [5.74, 6) is -0.639. The molecule has 0 heterocycles. The number of hydrogen-bond acceptors (Lipinski definition) is 2. The standard InChI is InChI=1S/C11H14BrFN2O/c1-11(2,6-14)10(16)15-7-3-4-8(12)9(13)5-7/h3-5H,6,14H2,1-2H3,(H,15,16). The van der Waals surface area contributed by atoms with E-state index in [1.807, 2.05) is 0 Å². The van der Waals surface area contributed by atoms with Crippen molar-refractivity contribution < 1.29 is 9.18 Å². The second kappa shape index (κ2) is 4.93. The van der Waals surface area contributed by atoms with E-state index >= 15 is 0 Å². The number of nitrogens with one attached hydrogen (secondary N) is 1. The van der Waals surface area contributed by atoms with Crippen LogP contribution in [0.5, 0.6) is 0 Å². The van der Waals surface area contributed by atoms with Crippen molar-refractivity contribution in [1.82, 2.24) is 0 Å². The Morgan fingerprint density at radius 1 is 1.56 bits per heavy atom. The van der Waals surface area contributed by atoms with Gasteiger partial charge in [-0.2, -0.15) is 0 Å². The van der Waals surface area contributed by atoms with Gasteiger partial charge in [0.1, 0.15) is 5.82 Å². The zero-order chi connectivity index (χ0) is 12.3. The fourth-order valence-corrected chi connectivity index (χ4v) is 1.21. The van der Waals surface area contributed by atoms with Gasteiger partial charge in [-0.05, 0) is 48.0 Å². The van der Waals surface area contributed by atoms with Crippen LogP contribution in [0, 0.1) is 11.2 Å². The molecule has 5 heteroatoms. The van der Waals surface area contributed by atoms with Crippen LogP contribution in [0.15, 0.2) is 22.7 Å². The van der Waals surface area contributed by atoms with E-state index in [9.17, 15) is 9.18 Å². The molecule has 0 saturated heterocycles. The Hall–Kier alpha value is -0.940. The van der Waals surface area contributed by atoms with E-state index in [1.54, 1.807) is 26.0 Å². The Morgan fingerprint density at radius 3 is 2.69 bits per heavy atom. The average molecular weight is 289 g/mol. The third kappa shape index (κ3) is 3.02. The zero-order valence-corrected chi connectivity index (χ0v) is 10.8. The summed E-state index contributed by atoms with van der Waals surface area (Å²) in [5, 5.41) is 2.62. The smallest absolute Gasteiger partial charge is 0.231 e. The molecule has 3 nitrogen and oxygen atoms in total. The second-order valence-electron chi connectivity index (χ2n) is 4.17. The number of halogens is 2. The number of hydrogen-bond donors (Lipinski definition) is 2. The number of nitrogens with two attached hydrogens (primary N) is 1. The van der Waals surface area contributed by atoms with Crippen molar-refractivity contribution in [2.45, 2.75) is 13.8 Å². The first kappa shape index (κ1) is 13.1. The van der Waals surface area contributed by atoms with Gasteiger partial charge in [-0.15, -0.1) is 0 Å². The van der Waals surface area contributed by atoms with Crippen molar-refractivity contribution in [3.8, 4) is 0 Å². The lowest BCUT2D eigenvalue weighted by Crippen LogP contribution is -2.37. The van der Waals surface area contributed by atoms with Gasteiger partial charge in [-0.3, -0.25) is 4.79 Å². The maximum absolute atomic E-state index is 13.2. The highest BCUT2D eigenvalue weighted by atomic mass is 79.9. The molecule has 0 spiro atoms. The lowest BCUT2D eigenvalue weighted by molar-refractivity contribution is -0.123. The van der Waals surface area contributed by atoms with E-state index in [0.717, 1.165) is 0 Å². The minimum absolute atomic E-state index is 0.225. The van der Waals surface area contributed by atoms with Crippen molar-refractivity contribution >= 4 is 27.5 Å². The molecule has 1 aromatic carbocycles. The van der Waals surface area contributed by atoms with E-state index in [4.69, 9.17) is 5.73 Å². The molecule has 0 fully saturated rings. The van der Waals surface area contributed by atoms with E-state index in [1.165, 1.54) is 6.07 Å². The van der Waals surface area contributed by atoms with Gasteiger partial charge in [-0.1, -0.05) is 0 Å². The first-order valence-electron chi connectivity index (χ1n) is 4.83. The van der Waals surface area contributed by atoms with Crippen LogP contribution in [0.2, 0.25) is 0 Å². The number of amides is 1. The van der Waals surface area contributed by atoms with Gasteiger partial charge in [0.15, 0.2) is 0 Å². The van der Waals surface area contributed by atoms with Crippen molar-refractivity contribution in [3.05, 3.63) is 28.5 Å². The summed E-state index contributed by atoms with van der Waals surface area (Å²) >= 11 is 3.04. The van der Waals surface area contributed by atoms with E-state index < -0.39 is 11.2 Å². The number of carbonyl (C=O) groups excluding carboxylic acids is 1. The summed E-state index contributed by atoms with van der Waals surface area (Å²) in [6.45, 7) is 3.70. The van der Waals surface area contributed by atoms with Crippen LogP contribution < -0.4 is 11.1 Å². The normalized spacial score (nSPS) is 11.3. The first-order valence-corrected chi connectivity index (χ1v) is 5.62. The third-order valence-corrected chi connectivity index (χ3v) is 2.95. The van der Waals surface area contributed by atoms with Crippen LogP contribution >= 0.6 is 15.9 Å². The van der Waals surface area contributed by atoms with Gasteiger partial charge in [0, 0.05) is 12.2 Å². The van der Waals surface area contributed by atoms with E-state index in [-0.39, 0.29) is 12.5 Å². The van der Waals surface area contributed by atoms with Crippen molar-refractivity contribution in [1.29, 1.82) is 0 Å². The Labute approximate surface area is 102 Å². The predicted molar refractivity (Wildman–Crippen MR) is 65.6 cm³/mol. The van der Waals surface area contributed by atoms with Crippen molar-refractivity contribution in [2.24, 2.45) is 11.1 Å². The molecule has 0 aromatic heterocycles. The van der Waals surface area contributed by atoms with Gasteiger partial charge >= 0.3 is 0 Å². The molecule has 0 bridgehead atoms. The molecule has 1 aromatic rings. The van der Waals surface area contributed by atoms with Crippen molar-refractivity contribution in [2.75, 3.05) is 11.9 Å². The largest absolute Gasteiger partial charge is 0.329 e. The molecular formula is C11H14BrFN2O. The molecule has 1 rings (SSSR count). The second-order valence-corrected chi connectivity index (χ2v) is 5.03. The average Bonchev–Trinajstić information content (AvgIpc) is 2.23. The minimum atomic E-state index is -0.663. The lowest BCUT2D eigenvalue weighted by Gasteiger charge is -2.21. The molecule has 0 aliphatic heterocycles. The Morgan fingerprint density at radius 2 is 2.19 bits per heavy atom. The fraction of sp³-hybridized carbons (Fsp3) is 0.364. The Bertz CT molecular complexity index is 407. The number of rotatable bonds is 3. The van der Waals surface area contributed by atoms with E-state index in [2.05, 4.69) is 21.2 Å². The maximum atomic E-state index is 13.2. The third-order valence-electron chi connectivity index (χ3n) is 2.30. The van der Waals surface area contributed by atoms with Crippen LogP contribution in [0.1, 0.15) is 13.8 Å². The highest BCUT2D eigenvalue weighted by Gasteiger charge is 2.25. The van der Waals surface area contributed by atoms with Gasteiger partial charge in [0.05, 0.1) is 9.89 Å². The highest BCUT2D eigenvalue weighted by Crippen LogP contribution is 2.21. The quantitative estimate of drug-likeness (QED) is 0.898. The molecule has 0 saturated carbocycles. The minimum Gasteiger partial charge on any atom is -0.329 e. The summed E-state index contributed by atoms with van der Waals surface area (Å²) in [7, 11) is 0.